The molecule has 2 unspecified atom stereocenters. The molecule has 27 heavy (non-hydrogen) atoms. The summed E-state index contributed by atoms with van der Waals surface area (Å²) in [6, 6.07) is 5.39. The molecule has 3 N–H and O–H groups in total. The molecule has 1 heterocycles. The normalized spacial score (nSPS) is 12.8. The fraction of sp³-hybridized carbons (Fsp3) is 0.333. The largest absolute Gasteiger partial charge is 0.550 e. The summed E-state index contributed by atoms with van der Waals surface area (Å²) >= 11 is 0. The van der Waals surface area contributed by atoms with Crippen molar-refractivity contribution in [1.29, 1.82) is 0 Å². The summed E-state index contributed by atoms with van der Waals surface area (Å²) in [4.78, 5) is 48.9. The molecule has 9 nitrogen and oxygen atoms in total. The zero-order valence-corrected chi connectivity index (χ0v) is 14.7. The van der Waals surface area contributed by atoms with Crippen LogP contribution in [-0.4, -0.2) is 48.4 Å². The maximum atomic E-state index is 12.4. The van der Waals surface area contributed by atoms with E-state index < -0.39 is 36.4 Å². The first-order chi connectivity index (χ1) is 13.0. The molecule has 144 valence electrons. The summed E-state index contributed by atoms with van der Waals surface area (Å²) in [7, 11) is 1.20. The van der Waals surface area contributed by atoms with Gasteiger partial charge in [0.2, 0.25) is 12.3 Å². The summed E-state index contributed by atoms with van der Waals surface area (Å²) in [6.07, 6.45) is 1.63. The lowest BCUT2D eigenvalue weighted by Gasteiger charge is -2.21. The van der Waals surface area contributed by atoms with Crippen LogP contribution in [0.1, 0.15) is 18.4 Å². The fourth-order valence-electron chi connectivity index (χ4n) is 2.76. The predicted octanol–water partition coefficient (Wildman–Crippen LogP) is -0.987. The van der Waals surface area contributed by atoms with Gasteiger partial charge in [-0.3, -0.25) is 9.59 Å². The number of carboxylic acid groups (broad SMARTS) is 1. The van der Waals surface area contributed by atoms with Crippen LogP contribution in [-0.2, 0) is 30.3 Å². The van der Waals surface area contributed by atoms with E-state index in [1.165, 1.54) is 7.11 Å². The molecule has 9 heteroatoms. The molecule has 0 spiro atoms. The Morgan fingerprint density at radius 1 is 1.26 bits per heavy atom. The van der Waals surface area contributed by atoms with E-state index in [4.69, 9.17) is 4.74 Å². The van der Waals surface area contributed by atoms with E-state index in [1.807, 2.05) is 24.3 Å². The molecule has 0 radical (unpaired) electrons. The van der Waals surface area contributed by atoms with Gasteiger partial charge < -0.3 is 30.3 Å². The first-order valence-electron chi connectivity index (χ1n) is 8.29. The van der Waals surface area contributed by atoms with E-state index in [0.717, 1.165) is 16.5 Å². The van der Waals surface area contributed by atoms with Crippen LogP contribution in [0.4, 0.5) is 0 Å². The number of methoxy groups -OCH3 is 1. The van der Waals surface area contributed by atoms with Gasteiger partial charge in [0.15, 0.2) is 0 Å². The Morgan fingerprint density at radius 2 is 2.00 bits per heavy atom. The van der Waals surface area contributed by atoms with E-state index in [2.05, 4.69) is 15.6 Å². The average molecular weight is 374 g/mol. The van der Waals surface area contributed by atoms with Crippen molar-refractivity contribution in [2.24, 2.45) is 0 Å². The number of rotatable bonds is 10. The maximum absolute atomic E-state index is 12.4. The lowest BCUT2D eigenvalue weighted by Crippen LogP contribution is -2.51. The highest BCUT2D eigenvalue weighted by Gasteiger charge is 2.27. The molecular weight excluding hydrogens is 354 g/mol. The third-order valence-corrected chi connectivity index (χ3v) is 4.12. The molecule has 2 aromatic rings. The Hall–Kier alpha value is -3.36. The molecule has 0 aliphatic carbocycles. The first kappa shape index (κ1) is 20.0. The molecule has 1 aromatic carbocycles. The maximum Gasteiger partial charge on any atom is 0.328 e. The molecule has 0 aliphatic heterocycles. The first-order valence-corrected chi connectivity index (χ1v) is 8.29. The summed E-state index contributed by atoms with van der Waals surface area (Å²) in [5, 5.41) is 16.3. The number of carboxylic acids is 1. The van der Waals surface area contributed by atoms with Crippen LogP contribution in [0.15, 0.2) is 30.5 Å². The number of hydrogen-bond donors (Lipinski definition) is 3. The number of aromatic nitrogens is 1. The molecule has 2 atom stereocenters. The standard InChI is InChI=1S/C18H21N3O6/c1-27-18(26)15(8-11-9-19-13-5-3-2-4-12(11)13)21-17(25)14(20-10-22)6-7-16(23)24/h2-5,9-10,14-15,19H,6-8H2,1H3,(H,20,22)(H,21,25)(H,23,24)/p-1. The van der Waals surface area contributed by atoms with Gasteiger partial charge in [0, 0.05) is 29.5 Å². The topological polar surface area (TPSA) is 140 Å². The number of esters is 1. The number of H-pyrrole nitrogens is 1. The minimum Gasteiger partial charge on any atom is -0.550 e. The number of nitrogens with one attached hydrogen (secondary N) is 3. The third kappa shape index (κ3) is 5.30. The van der Waals surface area contributed by atoms with Crippen molar-refractivity contribution in [3.8, 4) is 0 Å². The second kappa shape index (κ2) is 9.37. The van der Waals surface area contributed by atoms with Crippen LogP contribution in [0.5, 0.6) is 0 Å². The zero-order valence-electron chi connectivity index (χ0n) is 14.7. The minimum absolute atomic E-state index is 0.159. The van der Waals surface area contributed by atoms with E-state index in [9.17, 15) is 24.3 Å². The highest BCUT2D eigenvalue weighted by atomic mass is 16.5. The highest BCUT2D eigenvalue weighted by Crippen LogP contribution is 2.19. The molecule has 0 bridgehead atoms. The number of para-hydroxylation sites is 1. The Balaban J connectivity index is 2.15. The smallest absolute Gasteiger partial charge is 0.328 e. The molecule has 2 amide bonds. The van der Waals surface area contributed by atoms with Crippen molar-refractivity contribution in [2.45, 2.75) is 31.3 Å². The predicted molar refractivity (Wildman–Crippen MR) is 93.2 cm³/mol. The van der Waals surface area contributed by atoms with Crippen molar-refractivity contribution in [1.82, 2.24) is 15.6 Å². The van der Waals surface area contributed by atoms with Crippen LogP contribution in [0, 0.1) is 0 Å². The number of amides is 2. The third-order valence-electron chi connectivity index (χ3n) is 4.12. The average Bonchev–Trinajstić information content (AvgIpc) is 3.06. The molecule has 0 aliphatic rings. The Bertz CT molecular complexity index is 831. The van der Waals surface area contributed by atoms with Crippen LogP contribution in [0.25, 0.3) is 10.9 Å². The Labute approximate surface area is 155 Å². The van der Waals surface area contributed by atoms with Gasteiger partial charge in [-0.25, -0.2) is 4.79 Å². The van der Waals surface area contributed by atoms with Gasteiger partial charge in [-0.05, 0) is 24.5 Å². The monoisotopic (exact) mass is 374 g/mol. The molecule has 1 aromatic heterocycles. The molecular formula is C18H20N3O6-. The molecule has 2 rings (SSSR count). The fourth-order valence-corrected chi connectivity index (χ4v) is 2.76. The van der Waals surface area contributed by atoms with E-state index in [-0.39, 0.29) is 12.8 Å². The SMILES string of the molecule is COC(=O)C(Cc1c[nH]c2ccccc12)NC(=O)C(CCC(=O)[O-])NC=O. The Morgan fingerprint density at radius 3 is 2.67 bits per heavy atom. The van der Waals surface area contributed by atoms with Crippen molar-refractivity contribution >= 4 is 35.2 Å². The number of carbonyl (C=O) groups is 4. The van der Waals surface area contributed by atoms with Gasteiger partial charge in [-0.2, -0.15) is 0 Å². The lowest BCUT2D eigenvalue weighted by atomic mass is 10.0. The van der Waals surface area contributed by atoms with Crippen LogP contribution in [0.3, 0.4) is 0 Å². The summed E-state index contributed by atoms with van der Waals surface area (Å²) < 4.78 is 4.75. The van der Waals surface area contributed by atoms with Crippen molar-refractivity contribution in [2.75, 3.05) is 7.11 Å². The van der Waals surface area contributed by atoms with E-state index >= 15 is 0 Å². The number of ether oxygens (including phenoxy) is 1. The van der Waals surface area contributed by atoms with Gasteiger partial charge in [-0.15, -0.1) is 0 Å². The van der Waals surface area contributed by atoms with E-state index in [1.54, 1.807) is 6.20 Å². The quantitative estimate of drug-likeness (QED) is 0.360. The van der Waals surface area contributed by atoms with Crippen molar-refractivity contribution < 1.29 is 29.0 Å². The van der Waals surface area contributed by atoms with Crippen LogP contribution < -0.4 is 15.7 Å². The van der Waals surface area contributed by atoms with E-state index in [0.29, 0.717) is 6.41 Å². The minimum atomic E-state index is -1.34. The second-order valence-electron chi connectivity index (χ2n) is 5.90. The number of carbonyl (C=O) groups excluding carboxylic acids is 4. The number of aliphatic carboxylic acids is 1. The number of fused-ring (bicyclic) bond motifs is 1. The Kier molecular flexibility index (Phi) is 6.93. The zero-order chi connectivity index (χ0) is 19.8. The van der Waals surface area contributed by atoms with Crippen LogP contribution in [0.2, 0.25) is 0 Å². The highest BCUT2D eigenvalue weighted by molar-refractivity contribution is 5.90. The molecule has 0 saturated carbocycles. The van der Waals surface area contributed by atoms with Gasteiger partial charge in [-0.1, -0.05) is 18.2 Å². The molecule has 0 saturated heterocycles. The van der Waals surface area contributed by atoms with Crippen LogP contribution >= 0.6 is 0 Å². The number of aromatic amines is 1. The number of hydrogen-bond acceptors (Lipinski definition) is 6. The van der Waals surface area contributed by atoms with Gasteiger partial charge >= 0.3 is 5.97 Å². The van der Waals surface area contributed by atoms with Gasteiger partial charge in [0.25, 0.3) is 0 Å². The molecule has 0 fully saturated rings. The van der Waals surface area contributed by atoms with Crippen molar-refractivity contribution in [3.63, 3.8) is 0 Å². The summed E-state index contributed by atoms with van der Waals surface area (Å²) in [5.74, 6) is -2.68. The lowest BCUT2D eigenvalue weighted by molar-refractivity contribution is -0.305. The van der Waals surface area contributed by atoms with Crippen molar-refractivity contribution in [3.05, 3.63) is 36.0 Å². The number of benzene rings is 1. The summed E-state index contributed by atoms with van der Waals surface area (Å²) in [5.41, 5.74) is 1.69. The second-order valence-corrected chi connectivity index (χ2v) is 5.90. The van der Waals surface area contributed by atoms with Gasteiger partial charge in [0.1, 0.15) is 12.1 Å². The van der Waals surface area contributed by atoms with Gasteiger partial charge in [0.05, 0.1) is 7.11 Å². The summed E-state index contributed by atoms with van der Waals surface area (Å²) in [6.45, 7) is 0.